The van der Waals surface area contributed by atoms with Crippen LogP contribution in [0.1, 0.15) is 6.42 Å². The fourth-order valence-corrected chi connectivity index (χ4v) is 2.17. The summed E-state index contributed by atoms with van der Waals surface area (Å²) in [6.07, 6.45) is 0.0984. The van der Waals surface area contributed by atoms with Gasteiger partial charge in [0.1, 0.15) is 11.0 Å². The molecular weight excluding hydrogens is 265 g/mol. The molecule has 1 unspecified atom stereocenters. The van der Waals surface area contributed by atoms with Gasteiger partial charge in [0.05, 0.1) is 5.92 Å². The lowest BCUT2D eigenvalue weighted by molar-refractivity contribution is -0.123. The SMILES string of the molecule is NC(=O)C1CC(=O)N(c2cc(Cl)cc(Cl)n2)C1. The van der Waals surface area contributed by atoms with Gasteiger partial charge in [-0.25, -0.2) is 4.98 Å². The van der Waals surface area contributed by atoms with Crippen LogP contribution in [0.5, 0.6) is 0 Å². The molecule has 0 aliphatic carbocycles. The molecule has 2 amide bonds. The number of rotatable bonds is 2. The van der Waals surface area contributed by atoms with Gasteiger partial charge in [-0.3, -0.25) is 14.5 Å². The van der Waals surface area contributed by atoms with E-state index in [0.29, 0.717) is 10.8 Å². The summed E-state index contributed by atoms with van der Waals surface area (Å²) in [5.41, 5.74) is 5.17. The van der Waals surface area contributed by atoms with Crippen molar-refractivity contribution in [3.05, 3.63) is 22.3 Å². The molecule has 1 atom stereocenters. The predicted octanol–water partition coefficient (Wildman–Crippen LogP) is 1.23. The maximum atomic E-state index is 11.7. The molecule has 2 heterocycles. The van der Waals surface area contributed by atoms with Crippen LogP contribution in [-0.2, 0) is 9.59 Å². The molecule has 0 bridgehead atoms. The molecule has 0 aromatic carbocycles. The second-order valence-electron chi connectivity index (χ2n) is 3.77. The van der Waals surface area contributed by atoms with E-state index in [4.69, 9.17) is 28.9 Å². The predicted molar refractivity (Wildman–Crippen MR) is 63.9 cm³/mol. The highest BCUT2D eigenvalue weighted by atomic mass is 35.5. The zero-order chi connectivity index (χ0) is 12.6. The van der Waals surface area contributed by atoms with Crippen molar-refractivity contribution in [3.8, 4) is 0 Å². The molecule has 5 nitrogen and oxygen atoms in total. The van der Waals surface area contributed by atoms with E-state index in [9.17, 15) is 9.59 Å². The van der Waals surface area contributed by atoms with Gasteiger partial charge >= 0.3 is 0 Å². The van der Waals surface area contributed by atoms with Crippen molar-refractivity contribution in [1.29, 1.82) is 0 Å². The van der Waals surface area contributed by atoms with Gasteiger partial charge in [0.2, 0.25) is 11.8 Å². The Morgan fingerprint density at radius 1 is 1.47 bits per heavy atom. The van der Waals surface area contributed by atoms with E-state index >= 15 is 0 Å². The third-order valence-corrected chi connectivity index (χ3v) is 2.96. The largest absolute Gasteiger partial charge is 0.369 e. The van der Waals surface area contributed by atoms with E-state index in [-0.39, 0.29) is 24.0 Å². The number of hydrogen-bond donors (Lipinski definition) is 1. The molecule has 7 heteroatoms. The summed E-state index contributed by atoms with van der Waals surface area (Å²) in [7, 11) is 0. The number of nitrogens with two attached hydrogens (primary N) is 1. The summed E-state index contributed by atoms with van der Waals surface area (Å²) in [6, 6.07) is 2.99. The first kappa shape index (κ1) is 12.1. The molecule has 1 aromatic heterocycles. The highest BCUT2D eigenvalue weighted by Gasteiger charge is 2.34. The van der Waals surface area contributed by atoms with Crippen LogP contribution in [0.2, 0.25) is 10.2 Å². The normalized spacial score (nSPS) is 19.8. The van der Waals surface area contributed by atoms with Gasteiger partial charge in [0, 0.05) is 18.0 Å². The summed E-state index contributed by atoms with van der Waals surface area (Å²) < 4.78 is 0. The first-order valence-electron chi connectivity index (χ1n) is 4.90. The van der Waals surface area contributed by atoms with Gasteiger partial charge in [0.25, 0.3) is 0 Å². The summed E-state index contributed by atoms with van der Waals surface area (Å²) in [5.74, 6) is -0.841. The Labute approximate surface area is 107 Å². The number of halogens is 2. The van der Waals surface area contributed by atoms with Crippen LogP contribution in [0, 0.1) is 5.92 Å². The molecule has 1 saturated heterocycles. The number of primary amides is 1. The number of aromatic nitrogens is 1. The number of hydrogen-bond acceptors (Lipinski definition) is 3. The van der Waals surface area contributed by atoms with Gasteiger partial charge in [-0.1, -0.05) is 23.2 Å². The summed E-state index contributed by atoms with van der Waals surface area (Å²) in [6.45, 7) is 0.220. The van der Waals surface area contributed by atoms with Crippen molar-refractivity contribution in [3.63, 3.8) is 0 Å². The molecule has 0 saturated carbocycles. The lowest BCUT2D eigenvalue weighted by Crippen LogP contribution is -2.29. The average molecular weight is 274 g/mol. The standard InChI is InChI=1S/C10H9Cl2N3O2/c11-6-2-7(12)14-8(3-6)15-4-5(10(13)17)1-9(15)16/h2-3,5H,1,4H2,(H2,13,17). The van der Waals surface area contributed by atoms with Crippen molar-refractivity contribution >= 4 is 40.8 Å². The van der Waals surface area contributed by atoms with Crippen molar-refractivity contribution < 1.29 is 9.59 Å². The quantitative estimate of drug-likeness (QED) is 0.824. The van der Waals surface area contributed by atoms with Crippen molar-refractivity contribution in [2.45, 2.75) is 6.42 Å². The summed E-state index contributed by atoms with van der Waals surface area (Å²) in [5, 5.41) is 0.582. The number of carbonyl (C=O) groups excluding carboxylic acids is 2. The smallest absolute Gasteiger partial charge is 0.229 e. The topological polar surface area (TPSA) is 76.3 Å². The van der Waals surface area contributed by atoms with Crippen LogP contribution in [0.3, 0.4) is 0 Å². The minimum absolute atomic E-state index is 0.0984. The third kappa shape index (κ3) is 2.50. The maximum Gasteiger partial charge on any atom is 0.229 e. The Hall–Kier alpha value is -1.33. The molecule has 90 valence electrons. The van der Waals surface area contributed by atoms with Gasteiger partial charge < -0.3 is 5.73 Å². The molecule has 17 heavy (non-hydrogen) atoms. The Kier molecular flexibility index (Phi) is 3.22. The Bertz CT molecular complexity index is 472. The maximum absolute atomic E-state index is 11.7. The van der Waals surface area contributed by atoms with Gasteiger partial charge in [-0.2, -0.15) is 0 Å². The van der Waals surface area contributed by atoms with Gasteiger partial charge in [-0.05, 0) is 12.1 Å². The molecule has 2 N–H and O–H groups in total. The van der Waals surface area contributed by atoms with Gasteiger partial charge in [0.15, 0.2) is 0 Å². The molecule has 0 radical (unpaired) electrons. The molecule has 1 aliphatic heterocycles. The van der Waals surface area contributed by atoms with Crippen molar-refractivity contribution in [1.82, 2.24) is 4.98 Å². The van der Waals surface area contributed by atoms with Crippen LogP contribution in [-0.4, -0.2) is 23.3 Å². The summed E-state index contributed by atoms with van der Waals surface area (Å²) in [4.78, 5) is 28.1. The average Bonchev–Trinajstić information content (AvgIpc) is 2.59. The van der Waals surface area contributed by atoms with E-state index in [1.165, 1.54) is 17.0 Å². The highest BCUT2D eigenvalue weighted by molar-refractivity contribution is 6.34. The van der Waals surface area contributed by atoms with E-state index in [2.05, 4.69) is 4.98 Å². The van der Waals surface area contributed by atoms with Crippen LogP contribution < -0.4 is 10.6 Å². The van der Waals surface area contributed by atoms with Gasteiger partial charge in [-0.15, -0.1) is 0 Å². The zero-order valence-corrected chi connectivity index (χ0v) is 10.2. The van der Waals surface area contributed by atoms with Crippen molar-refractivity contribution in [2.75, 3.05) is 11.4 Å². The molecule has 1 fully saturated rings. The second kappa shape index (κ2) is 4.50. The molecule has 1 aliphatic rings. The van der Waals surface area contributed by atoms with Crippen LogP contribution in [0.4, 0.5) is 5.82 Å². The monoisotopic (exact) mass is 273 g/mol. The van der Waals surface area contributed by atoms with Crippen LogP contribution in [0.15, 0.2) is 12.1 Å². The second-order valence-corrected chi connectivity index (χ2v) is 4.60. The zero-order valence-electron chi connectivity index (χ0n) is 8.69. The van der Waals surface area contributed by atoms with E-state index < -0.39 is 11.8 Å². The van der Waals surface area contributed by atoms with E-state index in [1.807, 2.05) is 0 Å². The molecule has 2 rings (SSSR count). The Morgan fingerprint density at radius 2 is 2.18 bits per heavy atom. The van der Waals surface area contributed by atoms with Crippen LogP contribution >= 0.6 is 23.2 Å². The minimum Gasteiger partial charge on any atom is -0.369 e. The number of anilines is 1. The van der Waals surface area contributed by atoms with Crippen molar-refractivity contribution in [2.24, 2.45) is 11.7 Å². The van der Waals surface area contributed by atoms with Crippen LogP contribution in [0.25, 0.3) is 0 Å². The Balaban J connectivity index is 2.28. The number of carbonyl (C=O) groups is 2. The lowest BCUT2D eigenvalue weighted by Gasteiger charge is -2.15. The fourth-order valence-electron chi connectivity index (χ4n) is 1.71. The molecule has 1 aromatic rings. The minimum atomic E-state index is -0.492. The first-order chi connectivity index (χ1) is 7.97. The van der Waals surface area contributed by atoms with E-state index in [1.54, 1.807) is 0 Å². The van der Waals surface area contributed by atoms with E-state index in [0.717, 1.165) is 0 Å². The number of pyridine rings is 1. The number of nitrogens with zero attached hydrogens (tertiary/aromatic N) is 2. The molecule has 0 spiro atoms. The third-order valence-electron chi connectivity index (χ3n) is 2.55. The lowest BCUT2D eigenvalue weighted by atomic mass is 10.1. The number of amides is 2. The summed E-state index contributed by atoms with van der Waals surface area (Å²) >= 11 is 11.6. The fraction of sp³-hybridized carbons (Fsp3) is 0.300. The first-order valence-corrected chi connectivity index (χ1v) is 5.65. The Morgan fingerprint density at radius 3 is 2.71 bits per heavy atom. The molecular formula is C10H9Cl2N3O2. The highest BCUT2D eigenvalue weighted by Crippen LogP contribution is 2.27.